The van der Waals surface area contributed by atoms with E-state index >= 15 is 0 Å². The highest BCUT2D eigenvalue weighted by Crippen LogP contribution is 2.35. The van der Waals surface area contributed by atoms with E-state index in [-0.39, 0.29) is 11.9 Å². The second kappa shape index (κ2) is 7.83. The van der Waals surface area contributed by atoms with Gasteiger partial charge >= 0.3 is 0 Å². The monoisotopic (exact) mass is 384 g/mol. The van der Waals surface area contributed by atoms with Crippen LogP contribution in [-0.2, 0) is 13.6 Å². The number of fused-ring (bicyclic) bond motifs is 1. The summed E-state index contributed by atoms with van der Waals surface area (Å²) in [5.41, 5.74) is 2.77. The summed E-state index contributed by atoms with van der Waals surface area (Å²) in [5.74, 6) is 1.38. The highest BCUT2D eigenvalue weighted by atomic mass is 16.6. The van der Waals surface area contributed by atoms with Crippen LogP contribution in [-0.4, -0.2) is 59.3 Å². The van der Waals surface area contributed by atoms with Gasteiger partial charge in [-0.25, -0.2) is 0 Å². The van der Waals surface area contributed by atoms with Crippen LogP contribution in [0.3, 0.4) is 0 Å². The van der Waals surface area contributed by atoms with Gasteiger partial charge in [0, 0.05) is 25.7 Å². The molecule has 0 N–H and O–H groups in total. The summed E-state index contributed by atoms with van der Waals surface area (Å²) in [6, 6.07) is 7.61. The van der Waals surface area contributed by atoms with Gasteiger partial charge in [0.05, 0.1) is 17.4 Å². The Morgan fingerprint density at radius 1 is 1.18 bits per heavy atom. The maximum atomic E-state index is 13.3. The minimum atomic E-state index is 0.0107. The zero-order valence-electron chi connectivity index (χ0n) is 16.9. The molecule has 0 saturated carbocycles. The van der Waals surface area contributed by atoms with Gasteiger partial charge in [0.25, 0.3) is 5.91 Å². The molecule has 1 atom stereocenters. The van der Waals surface area contributed by atoms with Crippen molar-refractivity contribution in [2.24, 2.45) is 7.05 Å². The highest BCUT2D eigenvalue weighted by molar-refractivity contribution is 5.95. The van der Waals surface area contributed by atoms with Gasteiger partial charge in [-0.15, -0.1) is 0 Å². The van der Waals surface area contributed by atoms with Crippen molar-refractivity contribution in [3.8, 4) is 11.5 Å². The number of aromatic nitrogens is 2. The number of ether oxygens (including phenoxy) is 2. The number of benzene rings is 1. The summed E-state index contributed by atoms with van der Waals surface area (Å²) in [5, 5.41) is 4.74. The molecule has 1 fully saturated rings. The Bertz CT molecular complexity index is 861. The summed E-state index contributed by atoms with van der Waals surface area (Å²) < 4.78 is 13.2. The fraction of sp³-hybridized carbons (Fsp3) is 0.524. The minimum absolute atomic E-state index is 0.0107. The van der Waals surface area contributed by atoms with Crippen LogP contribution in [0.25, 0.3) is 0 Å². The van der Waals surface area contributed by atoms with Crippen molar-refractivity contribution in [2.75, 3.05) is 33.9 Å². The molecular weight excluding hydrogens is 356 g/mol. The first-order chi connectivity index (χ1) is 13.5. The Labute approximate surface area is 165 Å². The second-order valence-corrected chi connectivity index (χ2v) is 7.79. The first-order valence-electron chi connectivity index (χ1n) is 9.91. The third kappa shape index (κ3) is 3.71. The number of rotatable bonds is 4. The second-order valence-electron chi connectivity index (χ2n) is 7.79. The van der Waals surface area contributed by atoms with Crippen LogP contribution < -0.4 is 9.47 Å². The van der Waals surface area contributed by atoms with Crippen LogP contribution in [0.1, 0.15) is 47.1 Å². The van der Waals surface area contributed by atoms with Crippen molar-refractivity contribution in [2.45, 2.75) is 31.8 Å². The minimum Gasteiger partial charge on any atom is -0.486 e. The van der Waals surface area contributed by atoms with E-state index < -0.39 is 0 Å². The van der Waals surface area contributed by atoms with E-state index in [4.69, 9.17) is 14.6 Å². The van der Waals surface area contributed by atoms with Crippen molar-refractivity contribution in [3.05, 3.63) is 41.2 Å². The average molecular weight is 384 g/mol. The van der Waals surface area contributed by atoms with Crippen molar-refractivity contribution < 1.29 is 14.3 Å². The first-order valence-corrected chi connectivity index (χ1v) is 9.91. The van der Waals surface area contributed by atoms with E-state index in [9.17, 15) is 4.79 Å². The summed E-state index contributed by atoms with van der Waals surface area (Å²) in [4.78, 5) is 17.4. The van der Waals surface area contributed by atoms with E-state index in [0.717, 1.165) is 43.7 Å². The van der Waals surface area contributed by atoms with Crippen LogP contribution in [0.2, 0.25) is 0 Å². The maximum absolute atomic E-state index is 13.3. The summed E-state index contributed by atoms with van der Waals surface area (Å²) in [6.45, 7) is 2.63. The molecule has 2 aliphatic heterocycles. The number of hydrogen-bond acceptors (Lipinski definition) is 5. The third-order valence-electron chi connectivity index (χ3n) is 5.37. The number of carbonyl (C=O) groups excluding carboxylic acids is 1. The lowest BCUT2D eigenvalue weighted by molar-refractivity contribution is 0.0604. The molecule has 2 aliphatic rings. The number of hydrogen-bond donors (Lipinski definition) is 0. The number of likely N-dealkylation sites (tertiary alicyclic amines) is 1. The molecule has 7 heteroatoms. The van der Waals surface area contributed by atoms with Gasteiger partial charge in [-0.05, 0) is 57.6 Å². The van der Waals surface area contributed by atoms with Gasteiger partial charge in [0.2, 0.25) is 0 Å². The van der Waals surface area contributed by atoms with Gasteiger partial charge in [-0.3, -0.25) is 9.48 Å². The van der Waals surface area contributed by atoms with E-state index in [1.54, 1.807) is 6.07 Å². The molecule has 7 nitrogen and oxygen atoms in total. The van der Waals surface area contributed by atoms with Gasteiger partial charge in [-0.2, -0.15) is 5.10 Å². The molecule has 0 aliphatic carbocycles. The summed E-state index contributed by atoms with van der Waals surface area (Å²) >= 11 is 0. The summed E-state index contributed by atoms with van der Waals surface area (Å²) in [7, 11) is 6.06. The maximum Gasteiger partial charge on any atom is 0.254 e. The van der Waals surface area contributed by atoms with Gasteiger partial charge in [0.15, 0.2) is 11.5 Å². The molecule has 1 saturated heterocycles. The van der Waals surface area contributed by atoms with Gasteiger partial charge in [-0.1, -0.05) is 0 Å². The predicted molar refractivity (Wildman–Crippen MR) is 106 cm³/mol. The third-order valence-corrected chi connectivity index (χ3v) is 5.37. The molecule has 150 valence electrons. The number of piperidine rings is 1. The Kier molecular flexibility index (Phi) is 5.26. The van der Waals surface area contributed by atoms with Gasteiger partial charge < -0.3 is 19.3 Å². The molecule has 0 unspecified atom stereocenters. The fourth-order valence-corrected chi connectivity index (χ4v) is 3.99. The number of carbonyl (C=O) groups is 1. The molecule has 1 amide bonds. The molecule has 2 aromatic rings. The van der Waals surface area contributed by atoms with Crippen LogP contribution in [0.5, 0.6) is 11.5 Å². The topological polar surface area (TPSA) is 59.8 Å². The largest absolute Gasteiger partial charge is 0.486 e. The Hall–Kier alpha value is -2.54. The van der Waals surface area contributed by atoms with Crippen molar-refractivity contribution in [3.63, 3.8) is 0 Å². The van der Waals surface area contributed by atoms with E-state index in [1.165, 1.54) is 0 Å². The Morgan fingerprint density at radius 3 is 2.75 bits per heavy atom. The average Bonchev–Trinajstić information content (AvgIpc) is 3.06. The quantitative estimate of drug-likeness (QED) is 0.811. The van der Waals surface area contributed by atoms with Crippen LogP contribution in [0, 0.1) is 0 Å². The Morgan fingerprint density at radius 2 is 1.96 bits per heavy atom. The first kappa shape index (κ1) is 18.8. The normalized spacial score (nSPS) is 19.1. The van der Waals surface area contributed by atoms with Gasteiger partial charge in [0.1, 0.15) is 13.2 Å². The molecule has 0 bridgehead atoms. The SMILES string of the molecule is CN(C)Cc1cc([C@H]2CCCCN2C(=O)c2ccc3c(c2)OCCO3)nn1C. The molecule has 3 heterocycles. The van der Waals surface area contributed by atoms with Crippen LogP contribution in [0.15, 0.2) is 24.3 Å². The molecule has 28 heavy (non-hydrogen) atoms. The van der Waals surface area contributed by atoms with Crippen molar-refractivity contribution in [1.82, 2.24) is 19.6 Å². The van der Waals surface area contributed by atoms with Crippen molar-refractivity contribution in [1.29, 1.82) is 0 Å². The molecule has 4 rings (SSSR count). The van der Waals surface area contributed by atoms with Crippen LogP contribution in [0.4, 0.5) is 0 Å². The van der Waals surface area contributed by atoms with E-state index in [1.807, 2.05) is 42.9 Å². The molecular formula is C21H28N4O3. The predicted octanol–water partition coefficient (Wildman–Crippen LogP) is 2.62. The zero-order chi connectivity index (χ0) is 19.7. The van der Waals surface area contributed by atoms with Crippen molar-refractivity contribution >= 4 is 5.91 Å². The molecule has 1 aromatic carbocycles. The Balaban J connectivity index is 1.59. The zero-order valence-corrected chi connectivity index (χ0v) is 16.9. The lowest BCUT2D eigenvalue weighted by Gasteiger charge is -2.35. The number of amides is 1. The molecule has 1 aromatic heterocycles. The smallest absolute Gasteiger partial charge is 0.254 e. The number of nitrogens with zero attached hydrogens (tertiary/aromatic N) is 4. The lowest BCUT2D eigenvalue weighted by atomic mass is 9.98. The van der Waals surface area contributed by atoms with Crippen LogP contribution >= 0.6 is 0 Å². The summed E-state index contributed by atoms with van der Waals surface area (Å²) in [6.07, 6.45) is 3.06. The van der Waals surface area contributed by atoms with E-state index in [0.29, 0.717) is 30.3 Å². The molecule has 0 radical (unpaired) electrons. The molecule has 0 spiro atoms. The van der Waals surface area contributed by atoms with E-state index in [2.05, 4.69) is 11.0 Å². The fourth-order valence-electron chi connectivity index (χ4n) is 3.99. The number of aryl methyl sites for hydroxylation is 1. The lowest BCUT2D eigenvalue weighted by Crippen LogP contribution is -2.38. The highest BCUT2D eigenvalue weighted by Gasteiger charge is 2.31. The standard InChI is InChI=1S/C21H28N4O3/c1-23(2)14-16-13-17(22-24(16)3)18-6-4-5-9-25(18)21(26)15-7-8-19-20(12-15)28-11-10-27-19/h7-8,12-13,18H,4-6,9-11,14H2,1-3H3/t18-/m1/s1.